The maximum absolute atomic E-state index is 12.5. The van der Waals surface area contributed by atoms with Gasteiger partial charge in [0.2, 0.25) is 11.8 Å². The predicted octanol–water partition coefficient (Wildman–Crippen LogP) is 5.28. The number of aryl methyl sites for hydroxylation is 2. The summed E-state index contributed by atoms with van der Waals surface area (Å²) in [6.45, 7) is 3.90. The van der Waals surface area contributed by atoms with Crippen molar-refractivity contribution in [3.05, 3.63) is 71.6 Å². The summed E-state index contributed by atoms with van der Waals surface area (Å²) < 4.78 is 10.6. The maximum Gasteiger partial charge on any atom is 0.322 e. The summed E-state index contributed by atoms with van der Waals surface area (Å²) in [5.41, 5.74) is 4.74. The molecule has 4 rings (SSSR count). The van der Waals surface area contributed by atoms with Crippen molar-refractivity contribution in [2.24, 2.45) is 0 Å². The van der Waals surface area contributed by atoms with E-state index in [4.69, 9.17) is 14.1 Å². The van der Waals surface area contributed by atoms with E-state index in [1.165, 1.54) is 11.8 Å². The standard InChI is InChI=1S/C26H23N5O3S/c1-4-24-30-31-26(34-24)29-23(32)15-35-25-21(14-27)20(17-9-11-19(33-3)12-10-17)13-22(28-25)18-7-5-16(2)6-8-18/h5-13H,4,15H2,1-3H3,(H,29,31,32). The van der Waals surface area contributed by atoms with Gasteiger partial charge in [-0.2, -0.15) is 5.26 Å². The number of nitrogens with one attached hydrogen (secondary N) is 1. The molecule has 0 spiro atoms. The van der Waals surface area contributed by atoms with Crippen LogP contribution in [0.5, 0.6) is 5.75 Å². The number of methoxy groups -OCH3 is 1. The zero-order valence-corrected chi connectivity index (χ0v) is 20.3. The van der Waals surface area contributed by atoms with Crippen molar-refractivity contribution in [2.75, 3.05) is 18.2 Å². The average Bonchev–Trinajstić information content (AvgIpc) is 3.34. The minimum absolute atomic E-state index is 0.0188. The van der Waals surface area contributed by atoms with E-state index in [1.54, 1.807) is 7.11 Å². The first-order chi connectivity index (χ1) is 17.0. The molecule has 1 amide bonds. The largest absolute Gasteiger partial charge is 0.497 e. The van der Waals surface area contributed by atoms with E-state index in [-0.39, 0.29) is 17.7 Å². The number of carbonyl (C=O) groups excluding carboxylic acids is 1. The van der Waals surface area contributed by atoms with Crippen molar-refractivity contribution in [1.82, 2.24) is 15.2 Å². The van der Waals surface area contributed by atoms with Crippen LogP contribution in [0.1, 0.15) is 23.9 Å². The Kier molecular flexibility index (Phi) is 7.43. The third-order valence-electron chi connectivity index (χ3n) is 5.20. The third-order valence-corrected chi connectivity index (χ3v) is 6.18. The molecule has 0 fully saturated rings. The molecule has 0 radical (unpaired) electrons. The second kappa shape index (κ2) is 10.8. The van der Waals surface area contributed by atoms with Gasteiger partial charge >= 0.3 is 6.01 Å². The molecule has 0 aliphatic heterocycles. The van der Waals surface area contributed by atoms with Gasteiger partial charge in [0.25, 0.3) is 0 Å². The molecule has 2 heterocycles. The van der Waals surface area contributed by atoms with Crippen LogP contribution in [-0.4, -0.2) is 34.0 Å². The zero-order chi connectivity index (χ0) is 24.8. The number of nitriles is 1. The first kappa shape index (κ1) is 24.0. The van der Waals surface area contributed by atoms with Gasteiger partial charge in [0.05, 0.1) is 24.1 Å². The molecule has 0 aliphatic carbocycles. The minimum atomic E-state index is -0.335. The Balaban J connectivity index is 1.68. The number of carbonyl (C=O) groups is 1. The van der Waals surface area contributed by atoms with Gasteiger partial charge in [-0.25, -0.2) is 4.98 Å². The van der Waals surface area contributed by atoms with Gasteiger partial charge in [0, 0.05) is 17.5 Å². The first-order valence-electron chi connectivity index (χ1n) is 10.9. The van der Waals surface area contributed by atoms with E-state index in [0.717, 1.165) is 28.0 Å². The number of hydrogen-bond acceptors (Lipinski definition) is 8. The number of rotatable bonds is 8. The van der Waals surface area contributed by atoms with Crippen LogP contribution in [0.25, 0.3) is 22.4 Å². The van der Waals surface area contributed by atoms with Crippen molar-refractivity contribution in [2.45, 2.75) is 25.3 Å². The molecule has 4 aromatic rings. The van der Waals surface area contributed by atoms with Crippen LogP contribution < -0.4 is 10.1 Å². The summed E-state index contributed by atoms with van der Waals surface area (Å²) >= 11 is 1.18. The number of hydrogen-bond donors (Lipinski definition) is 1. The second-order valence-corrected chi connectivity index (χ2v) is 8.60. The Labute approximate surface area is 207 Å². The van der Waals surface area contributed by atoms with Crippen molar-refractivity contribution >= 4 is 23.7 Å². The lowest BCUT2D eigenvalue weighted by Gasteiger charge is -2.13. The fraction of sp³-hybridized carbons (Fsp3) is 0.192. The summed E-state index contributed by atoms with van der Waals surface area (Å²) in [5, 5.41) is 20.7. The summed E-state index contributed by atoms with van der Waals surface area (Å²) in [7, 11) is 1.61. The fourth-order valence-electron chi connectivity index (χ4n) is 3.34. The van der Waals surface area contributed by atoms with Gasteiger partial charge < -0.3 is 9.15 Å². The monoisotopic (exact) mass is 485 g/mol. The minimum Gasteiger partial charge on any atom is -0.497 e. The summed E-state index contributed by atoms with van der Waals surface area (Å²) in [6, 6.07) is 19.7. The van der Waals surface area contributed by atoms with Gasteiger partial charge in [-0.05, 0) is 30.7 Å². The van der Waals surface area contributed by atoms with Crippen LogP contribution >= 0.6 is 11.8 Å². The number of nitrogens with zero attached hydrogens (tertiary/aromatic N) is 4. The van der Waals surface area contributed by atoms with E-state index in [1.807, 2.05) is 68.4 Å². The van der Waals surface area contributed by atoms with Crippen molar-refractivity contribution in [3.63, 3.8) is 0 Å². The Morgan fingerprint density at radius 3 is 2.46 bits per heavy atom. The molecule has 0 saturated carbocycles. The van der Waals surface area contributed by atoms with Gasteiger partial charge in [0.1, 0.15) is 16.8 Å². The molecular formula is C26H23N5O3S. The molecule has 35 heavy (non-hydrogen) atoms. The Morgan fingerprint density at radius 2 is 1.83 bits per heavy atom. The number of amides is 1. The lowest BCUT2D eigenvalue weighted by atomic mass is 9.99. The number of ether oxygens (including phenoxy) is 1. The molecule has 0 bridgehead atoms. The molecule has 8 nitrogen and oxygen atoms in total. The predicted molar refractivity (Wildman–Crippen MR) is 134 cm³/mol. The van der Waals surface area contributed by atoms with Crippen LogP contribution in [0, 0.1) is 18.3 Å². The number of benzene rings is 2. The number of anilines is 1. The van der Waals surface area contributed by atoms with Crippen molar-refractivity contribution < 1.29 is 13.9 Å². The average molecular weight is 486 g/mol. The van der Waals surface area contributed by atoms with Crippen molar-refractivity contribution in [3.8, 4) is 34.2 Å². The van der Waals surface area contributed by atoms with Gasteiger partial charge in [0.15, 0.2) is 0 Å². The molecule has 9 heteroatoms. The van der Waals surface area contributed by atoms with Crippen LogP contribution in [0.4, 0.5) is 6.01 Å². The normalized spacial score (nSPS) is 10.6. The van der Waals surface area contributed by atoms with E-state index in [9.17, 15) is 10.1 Å². The number of pyridine rings is 1. The fourth-order valence-corrected chi connectivity index (χ4v) is 4.14. The van der Waals surface area contributed by atoms with E-state index in [2.05, 4.69) is 21.6 Å². The van der Waals surface area contributed by atoms with Crippen LogP contribution in [-0.2, 0) is 11.2 Å². The maximum atomic E-state index is 12.5. The molecule has 2 aromatic heterocycles. The summed E-state index contributed by atoms with van der Waals surface area (Å²) in [4.78, 5) is 17.3. The molecule has 1 N–H and O–H groups in total. The highest BCUT2D eigenvalue weighted by molar-refractivity contribution is 8.00. The lowest BCUT2D eigenvalue weighted by molar-refractivity contribution is -0.113. The first-order valence-corrected chi connectivity index (χ1v) is 11.9. The SMILES string of the molecule is CCc1nnc(NC(=O)CSc2nc(-c3ccc(C)cc3)cc(-c3ccc(OC)cc3)c2C#N)o1. The van der Waals surface area contributed by atoms with Crippen LogP contribution in [0.3, 0.4) is 0 Å². The van der Waals surface area contributed by atoms with E-state index >= 15 is 0 Å². The molecule has 0 atom stereocenters. The van der Waals surface area contributed by atoms with Crippen LogP contribution in [0.15, 0.2) is 64.0 Å². The Morgan fingerprint density at radius 1 is 1.11 bits per heavy atom. The van der Waals surface area contributed by atoms with Gasteiger partial charge in [-0.15, -0.1) is 5.10 Å². The molecule has 0 saturated heterocycles. The summed E-state index contributed by atoms with van der Waals surface area (Å²) in [5.74, 6) is 0.846. The molecule has 0 unspecified atom stereocenters. The second-order valence-electron chi connectivity index (χ2n) is 7.63. The quantitative estimate of drug-likeness (QED) is 0.335. The topological polar surface area (TPSA) is 114 Å². The summed E-state index contributed by atoms with van der Waals surface area (Å²) in [6.07, 6.45) is 0.576. The zero-order valence-electron chi connectivity index (χ0n) is 19.5. The molecule has 0 aliphatic rings. The highest BCUT2D eigenvalue weighted by Crippen LogP contribution is 2.35. The highest BCUT2D eigenvalue weighted by atomic mass is 32.2. The van der Waals surface area contributed by atoms with Gasteiger partial charge in [-0.1, -0.05) is 65.7 Å². The lowest BCUT2D eigenvalue weighted by Crippen LogP contribution is -2.14. The highest BCUT2D eigenvalue weighted by Gasteiger charge is 2.18. The molecule has 2 aromatic carbocycles. The Bertz CT molecular complexity index is 1380. The van der Waals surface area contributed by atoms with E-state index in [0.29, 0.717) is 28.6 Å². The smallest absolute Gasteiger partial charge is 0.322 e. The van der Waals surface area contributed by atoms with Gasteiger partial charge in [-0.3, -0.25) is 10.1 Å². The van der Waals surface area contributed by atoms with Crippen LogP contribution in [0.2, 0.25) is 0 Å². The molecule has 176 valence electrons. The van der Waals surface area contributed by atoms with Crippen molar-refractivity contribution in [1.29, 1.82) is 5.26 Å². The third kappa shape index (κ3) is 5.67. The van der Waals surface area contributed by atoms with E-state index < -0.39 is 0 Å². The molecular weight excluding hydrogens is 462 g/mol. The number of aromatic nitrogens is 3. The number of thioether (sulfide) groups is 1. The Hall–Kier alpha value is -4.16.